The molecule has 0 bridgehead atoms. The van der Waals surface area contributed by atoms with Crippen LogP contribution in [-0.2, 0) is 0 Å². The second-order valence-corrected chi connectivity index (χ2v) is 8.25. The number of anilines is 2. The Labute approximate surface area is 181 Å². The molecular formula is C24H15ClFN3S. The summed E-state index contributed by atoms with van der Waals surface area (Å²) in [7, 11) is 0. The van der Waals surface area contributed by atoms with E-state index in [0.29, 0.717) is 15.9 Å². The lowest BCUT2D eigenvalue weighted by molar-refractivity contribution is 0.626. The Morgan fingerprint density at radius 3 is 2.07 bits per heavy atom. The number of hydrogen-bond donors (Lipinski definition) is 1. The van der Waals surface area contributed by atoms with Gasteiger partial charge in [-0.15, -0.1) is 0 Å². The van der Waals surface area contributed by atoms with E-state index in [1.165, 1.54) is 23.9 Å². The van der Waals surface area contributed by atoms with Gasteiger partial charge in [-0.2, -0.15) is 0 Å². The fourth-order valence-corrected chi connectivity index (χ4v) is 4.12. The van der Waals surface area contributed by atoms with Crippen LogP contribution in [0.15, 0.2) is 94.9 Å². The Balaban J connectivity index is 1.63. The molecule has 5 rings (SSSR count). The molecule has 0 aliphatic carbocycles. The smallest absolute Gasteiger partial charge is 0.164 e. The normalized spacial score (nSPS) is 11.1. The number of nitrogens with one attached hydrogen (secondary N) is 1. The minimum Gasteiger partial charge on any atom is -0.338 e. The summed E-state index contributed by atoms with van der Waals surface area (Å²) in [4.78, 5) is 10.6. The first-order valence-electron chi connectivity index (χ1n) is 9.31. The third kappa shape index (κ3) is 3.95. The van der Waals surface area contributed by atoms with Crippen molar-refractivity contribution in [3.63, 3.8) is 0 Å². The van der Waals surface area contributed by atoms with Crippen molar-refractivity contribution in [3.8, 4) is 0 Å². The summed E-state index contributed by atoms with van der Waals surface area (Å²) in [5.74, 6) is 0.365. The van der Waals surface area contributed by atoms with Gasteiger partial charge >= 0.3 is 0 Å². The molecule has 5 aromatic rings. The van der Waals surface area contributed by atoms with Gasteiger partial charge in [-0.1, -0.05) is 47.6 Å². The molecule has 3 nitrogen and oxygen atoms in total. The van der Waals surface area contributed by atoms with E-state index in [1.54, 1.807) is 12.1 Å². The minimum atomic E-state index is -0.269. The van der Waals surface area contributed by atoms with Crippen molar-refractivity contribution >= 4 is 56.7 Å². The average molecular weight is 432 g/mol. The zero-order chi connectivity index (χ0) is 20.5. The number of benzene rings is 4. The van der Waals surface area contributed by atoms with Gasteiger partial charge < -0.3 is 5.32 Å². The van der Waals surface area contributed by atoms with Crippen molar-refractivity contribution in [3.05, 3.63) is 95.8 Å². The molecule has 0 atom stereocenters. The van der Waals surface area contributed by atoms with E-state index in [0.717, 1.165) is 32.4 Å². The highest BCUT2D eigenvalue weighted by molar-refractivity contribution is 7.99. The molecule has 1 aromatic heterocycles. The second-order valence-electron chi connectivity index (χ2n) is 6.75. The third-order valence-corrected chi connectivity index (χ3v) is 5.87. The van der Waals surface area contributed by atoms with Gasteiger partial charge in [0.1, 0.15) is 10.8 Å². The molecule has 0 amide bonds. The zero-order valence-corrected chi connectivity index (χ0v) is 17.2. The maximum Gasteiger partial charge on any atom is 0.164 e. The Bertz CT molecular complexity index is 1250. The highest BCUT2D eigenvalue weighted by Crippen LogP contribution is 2.35. The molecule has 30 heavy (non-hydrogen) atoms. The molecule has 1 heterocycles. The van der Waals surface area contributed by atoms with E-state index in [2.05, 4.69) is 17.4 Å². The summed E-state index contributed by atoms with van der Waals surface area (Å²) < 4.78 is 13.3. The lowest BCUT2D eigenvalue weighted by Crippen LogP contribution is -1.99. The number of nitrogens with zero attached hydrogens (tertiary/aromatic N) is 2. The van der Waals surface area contributed by atoms with Gasteiger partial charge in [-0.25, -0.2) is 14.4 Å². The van der Waals surface area contributed by atoms with E-state index in [9.17, 15) is 4.39 Å². The maximum atomic E-state index is 13.3. The maximum absolute atomic E-state index is 13.3. The largest absolute Gasteiger partial charge is 0.338 e. The number of hydrogen-bond acceptors (Lipinski definition) is 4. The van der Waals surface area contributed by atoms with Gasteiger partial charge in [0, 0.05) is 15.6 Å². The SMILES string of the molecule is Fc1ccc(Sc2nc3cc4ccccc4cc3nc2Nc2ccc(Cl)cc2)cc1. The van der Waals surface area contributed by atoms with Gasteiger partial charge in [-0.3, -0.25) is 0 Å². The molecule has 4 aromatic carbocycles. The average Bonchev–Trinajstić information content (AvgIpc) is 2.76. The number of fused-ring (bicyclic) bond motifs is 2. The van der Waals surface area contributed by atoms with Crippen molar-refractivity contribution in [2.75, 3.05) is 5.32 Å². The van der Waals surface area contributed by atoms with Gasteiger partial charge in [0.2, 0.25) is 0 Å². The standard InChI is InChI=1S/C24H15ClFN3S/c25-17-5-9-19(10-6-17)27-23-24(30-20-11-7-18(26)8-12-20)29-22-14-16-4-2-1-3-15(16)13-21(22)28-23/h1-14H,(H,27,28). The first kappa shape index (κ1) is 18.9. The molecule has 0 radical (unpaired) electrons. The molecule has 1 N–H and O–H groups in total. The van der Waals surface area contributed by atoms with E-state index in [4.69, 9.17) is 21.6 Å². The molecular weight excluding hydrogens is 417 g/mol. The van der Waals surface area contributed by atoms with Gasteiger partial charge in [0.15, 0.2) is 5.82 Å². The summed E-state index contributed by atoms with van der Waals surface area (Å²) in [6.07, 6.45) is 0. The third-order valence-electron chi connectivity index (χ3n) is 4.63. The Kier molecular flexibility index (Phi) is 4.99. The topological polar surface area (TPSA) is 37.8 Å². The summed E-state index contributed by atoms with van der Waals surface area (Å²) in [6.45, 7) is 0. The summed E-state index contributed by atoms with van der Waals surface area (Å²) in [5.41, 5.74) is 2.46. The van der Waals surface area contributed by atoms with Crippen LogP contribution in [-0.4, -0.2) is 9.97 Å². The van der Waals surface area contributed by atoms with Crippen LogP contribution < -0.4 is 5.32 Å². The molecule has 0 aliphatic rings. The highest BCUT2D eigenvalue weighted by atomic mass is 35.5. The van der Waals surface area contributed by atoms with Crippen LogP contribution >= 0.6 is 23.4 Å². The zero-order valence-electron chi connectivity index (χ0n) is 15.6. The molecule has 0 fully saturated rings. The van der Waals surface area contributed by atoms with Crippen LogP contribution in [0.5, 0.6) is 0 Å². The first-order valence-corrected chi connectivity index (χ1v) is 10.5. The molecule has 0 unspecified atom stereocenters. The monoisotopic (exact) mass is 431 g/mol. The Morgan fingerprint density at radius 1 is 0.767 bits per heavy atom. The van der Waals surface area contributed by atoms with Crippen LogP contribution in [0.4, 0.5) is 15.9 Å². The summed E-state index contributed by atoms with van der Waals surface area (Å²) in [5, 5.41) is 6.93. The van der Waals surface area contributed by atoms with Crippen LogP contribution in [0, 0.1) is 5.82 Å². The van der Waals surface area contributed by atoms with Crippen molar-refractivity contribution in [1.29, 1.82) is 0 Å². The highest BCUT2D eigenvalue weighted by Gasteiger charge is 2.12. The fraction of sp³-hybridized carbons (Fsp3) is 0. The van der Waals surface area contributed by atoms with E-state index in [-0.39, 0.29) is 5.82 Å². The van der Waals surface area contributed by atoms with Crippen molar-refractivity contribution < 1.29 is 4.39 Å². The Hall–Kier alpha value is -3.15. The van der Waals surface area contributed by atoms with E-state index in [1.807, 2.05) is 48.5 Å². The molecule has 0 saturated heterocycles. The van der Waals surface area contributed by atoms with Crippen LogP contribution in [0.2, 0.25) is 5.02 Å². The molecule has 0 aliphatic heterocycles. The first-order chi connectivity index (χ1) is 14.6. The molecule has 0 spiro atoms. The van der Waals surface area contributed by atoms with Crippen LogP contribution in [0.3, 0.4) is 0 Å². The second kappa shape index (κ2) is 7.94. The Morgan fingerprint density at radius 2 is 1.40 bits per heavy atom. The molecule has 146 valence electrons. The summed E-state index contributed by atoms with van der Waals surface area (Å²) in [6, 6.07) is 26.0. The molecule has 0 saturated carbocycles. The molecule has 6 heteroatoms. The lowest BCUT2D eigenvalue weighted by Gasteiger charge is -2.12. The van der Waals surface area contributed by atoms with Crippen molar-refractivity contribution in [2.45, 2.75) is 9.92 Å². The number of halogens is 2. The lowest BCUT2D eigenvalue weighted by atomic mass is 10.1. The van der Waals surface area contributed by atoms with Crippen LogP contribution in [0.25, 0.3) is 21.8 Å². The minimum absolute atomic E-state index is 0.269. The predicted molar refractivity (Wildman–Crippen MR) is 122 cm³/mol. The quantitative estimate of drug-likeness (QED) is 0.299. The van der Waals surface area contributed by atoms with Gasteiger partial charge in [0.05, 0.1) is 11.0 Å². The van der Waals surface area contributed by atoms with Crippen molar-refractivity contribution in [2.24, 2.45) is 0 Å². The predicted octanol–water partition coefficient (Wildman–Crippen LogP) is 7.47. The number of rotatable bonds is 4. The van der Waals surface area contributed by atoms with E-state index >= 15 is 0 Å². The fourth-order valence-electron chi connectivity index (χ4n) is 3.16. The van der Waals surface area contributed by atoms with Gasteiger partial charge in [0.25, 0.3) is 0 Å². The van der Waals surface area contributed by atoms with Crippen molar-refractivity contribution in [1.82, 2.24) is 9.97 Å². The van der Waals surface area contributed by atoms with E-state index < -0.39 is 0 Å². The number of aromatic nitrogens is 2. The van der Waals surface area contributed by atoms with Gasteiger partial charge in [-0.05, 0) is 71.4 Å². The van der Waals surface area contributed by atoms with Crippen LogP contribution in [0.1, 0.15) is 0 Å². The summed E-state index contributed by atoms with van der Waals surface area (Å²) >= 11 is 7.45.